The summed E-state index contributed by atoms with van der Waals surface area (Å²) in [6, 6.07) is 5.20. The molecule has 148 valence electrons. The number of fused-ring (bicyclic) bond motifs is 1. The van der Waals surface area contributed by atoms with E-state index in [-0.39, 0.29) is 18.2 Å². The number of amides is 2. The number of hydrogen-bond acceptors (Lipinski definition) is 4. The van der Waals surface area contributed by atoms with Crippen molar-refractivity contribution in [2.45, 2.75) is 50.7 Å². The van der Waals surface area contributed by atoms with Crippen LogP contribution in [0.5, 0.6) is 0 Å². The molecular formula is C19H27N3O4S. The van der Waals surface area contributed by atoms with E-state index in [1.165, 1.54) is 10.6 Å². The summed E-state index contributed by atoms with van der Waals surface area (Å²) in [7, 11) is -3.31. The molecule has 0 bridgehead atoms. The Kier molecular flexibility index (Phi) is 5.03. The molecule has 2 atom stereocenters. The van der Waals surface area contributed by atoms with Crippen LogP contribution in [0.25, 0.3) is 0 Å². The fourth-order valence-corrected chi connectivity index (χ4v) is 5.15. The zero-order valence-corrected chi connectivity index (χ0v) is 16.4. The van der Waals surface area contributed by atoms with Gasteiger partial charge in [0.05, 0.1) is 24.1 Å². The summed E-state index contributed by atoms with van der Waals surface area (Å²) >= 11 is 0. The standard InChI is InChI=1S/C19H27N3O4S/c1-27(24,25)22-11-10-14-15(5-4-6-16(14)22)20-19(23)21-18(13-8-9-13)17-7-2-3-12-26-17/h4-6,13,17-18H,2-3,7-12H2,1H3,(H2,20,21,23). The number of carbonyl (C=O) groups excluding carboxylic acids is 1. The Labute approximate surface area is 160 Å². The first-order valence-electron chi connectivity index (χ1n) is 9.72. The van der Waals surface area contributed by atoms with Crippen molar-refractivity contribution in [3.8, 4) is 0 Å². The van der Waals surface area contributed by atoms with Crippen molar-refractivity contribution >= 4 is 27.4 Å². The fraction of sp³-hybridized carbons (Fsp3) is 0.632. The van der Waals surface area contributed by atoms with Gasteiger partial charge in [-0.15, -0.1) is 0 Å². The highest BCUT2D eigenvalue weighted by Gasteiger charge is 2.39. The van der Waals surface area contributed by atoms with Crippen molar-refractivity contribution in [2.24, 2.45) is 5.92 Å². The normalized spacial score (nSPS) is 23.6. The second-order valence-electron chi connectivity index (χ2n) is 7.76. The molecule has 2 fully saturated rings. The summed E-state index contributed by atoms with van der Waals surface area (Å²) in [6.45, 7) is 1.18. The predicted molar refractivity (Wildman–Crippen MR) is 105 cm³/mol. The molecule has 2 aliphatic heterocycles. The molecular weight excluding hydrogens is 366 g/mol. The zero-order chi connectivity index (χ0) is 19.0. The van der Waals surface area contributed by atoms with Gasteiger partial charge < -0.3 is 15.4 Å². The molecule has 2 amide bonds. The molecule has 4 rings (SSSR count). The average molecular weight is 394 g/mol. The van der Waals surface area contributed by atoms with Gasteiger partial charge in [-0.05, 0) is 56.6 Å². The van der Waals surface area contributed by atoms with E-state index in [0.29, 0.717) is 30.3 Å². The molecule has 2 N–H and O–H groups in total. The minimum Gasteiger partial charge on any atom is -0.376 e. The zero-order valence-electron chi connectivity index (χ0n) is 15.6. The molecule has 1 aromatic rings. The average Bonchev–Trinajstić information content (AvgIpc) is 3.37. The highest BCUT2D eigenvalue weighted by atomic mass is 32.2. The molecule has 2 unspecified atom stereocenters. The van der Waals surface area contributed by atoms with Crippen LogP contribution >= 0.6 is 0 Å². The van der Waals surface area contributed by atoms with Crippen LogP contribution in [0.1, 0.15) is 37.7 Å². The number of benzene rings is 1. The Morgan fingerprint density at radius 2 is 2.07 bits per heavy atom. The van der Waals surface area contributed by atoms with Gasteiger partial charge in [0, 0.05) is 24.4 Å². The molecule has 0 aromatic heterocycles. The summed E-state index contributed by atoms with van der Waals surface area (Å²) in [5, 5.41) is 6.06. The summed E-state index contributed by atoms with van der Waals surface area (Å²) in [5.74, 6) is 0.501. The topological polar surface area (TPSA) is 87.7 Å². The lowest BCUT2D eigenvalue weighted by Crippen LogP contribution is -2.48. The third kappa shape index (κ3) is 4.06. The van der Waals surface area contributed by atoms with Gasteiger partial charge in [0.25, 0.3) is 0 Å². The molecule has 1 aliphatic carbocycles. The second-order valence-corrected chi connectivity index (χ2v) is 9.66. The Balaban J connectivity index is 1.46. The lowest BCUT2D eigenvalue weighted by Gasteiger charge is -2.31. The maximum atomic E-state index is 12.7. The monoisotopic (exact) mass is 393 g/mol. The van der Waals surface area contributed by atoms with Crippen molar-refractivity contribution in [3.05, 3.63) is 23.8 Å². The van der Waals surface area contributed by atoms with Gasteiger partial charge in [-0.2, -0.15) is 0 Å². The maximum absolute atomic E-state index is 12.7. The predicted octanol–water partition coefficient (Wildman–Crippen LogP) is 2.48. The molecule has 8 heteroatoms. The number of sulfonamides is 1. The molecule has 7 nitrogen and oxygen atoms in total. The molecule has 1 saturated carbocycles. The number of anilines is 2. The molecule has 1 aromatic carbocycles. The van der Waals surface area contributed by atoms with Gasteiger partial charge in [-0.25, -0.2) is 13.2 Å². The smallest absolute Gasteiger partial charge is 0.319 e. The number of ether oxygens (including phenoxy) is 1. The van der Waals surface area contributed by atoms with Crippen LogP contribution in [0.15, 0.2) is 18.2 Å². The van der Waals surface area contributed by atoms with Crippen LogP contribution in [-0.4, -0.2) is 46.0 Å². The molecule has 0 spiro atoms. The van der Waals surface area contributed by atoms with Gasteiger partial charge in [0.2, 0.25) is 10.0 Å². The van der Waals surface area contributed by atoms with Crippen molar-refractivity contribution in [1.29, 1.82) is 0 Å². The minimum absolute atomic E-state index is 0.0505. The molecule has 0 radical (unpaired) electrons. The van der Waals surface area contributed by atoms with Gasteiger partial charge in [-0.1, -0.05) is 6.07 Å². The Hall–Kier alpha value is -1.80. The quantitative estimate of drug-likeness (QED) is 0.804. The van der Waals surface area contributed by atoms with Gasteiger partial charge in [-0.3, -0.25) is 4.31 Å². The van der Waals surface area contributed by atoms with Crippen LogP contribution in [-0.2, 0) is 21.2 Å². The number of urea groups is 1. The second kappa shape index (κ2) is 7.31. The van der Waals surface area contributed by atoms with Gasteiger partial charge in [0.1, 0.15) is 0 Å². The Bertz CT molecular complexity index is 816. The largest absolute Gasteiger partial charge is 0.376 e. The van der Waals surface area contributed by atoms with E-state index in [0.717, 1.165) is 44.3 Å². The highest BCUT2D eigenvalue weighted by Crippen LogP contribution is 2.37. The third-order valence-electron chi connectivity index (χ3n) is 5.68. The van der Waals surface area contributed by atoms with Crippen LogP contribution < -0.4 is 14.9 Å². The molecule has 3 aliphatic rings. The summed E-state index contributed by atoms with van der Waals surface area (Å²) in [5.41, 5.74) is 2.20. The fourth-order valence-electron chi connectivity index (χ4n) is 4.19. The van der Waals surface area contributed by atoms with Crippen molar-refractivity contribution in [2.75, 3.05) is 29.0 Å². The van der Waals surface area contributed by atoms with Gasteiger partial charge in [0.15, 0.2) is 0 Å². The number of rotatable bonds is 5. The summed E-state index contributed by atoms with van der Waals surface area (Å²) in [4.78, 5) is 12.7. The van der Waals surface area contributed by atoms with Crippen molar-refractivity contribution < 1.29 is 17.9 Å². The Morgan fingerprint density at radius 3 is 2.74 bits per heavy atom. The van der Waals surface area contributed by atoms with Crippen molar-refractivity contribution in [1.82, 2.24) is 5.32 Å². The SMILES string of the molecule is CS(=O)(=O)N1CCc2c(NC(=O)NC(C3CC3)C3CCCCO3)cccc21. The van der Waals surface area contributed by atoms with Crippen LogP contribution in [0.3, 0.4) is 0 Å². The van der Waals surface area contributed by atoms with Crippen LogP contribution in [0.4, 0.5) is 16.2 Å². The van der Waals surface area contributed by atoms with Gasteiger partial charge >= 0.3 is 6.03 Å². The minimum atomic E-state index is -3.31. The van der Waals surface area contributed by atoms with E-state index in [9.17, 15) is 13.2 Å². The first-order valence-corrected chi connectivity index (χ1v) is 11.6. The lowest BCUT2D eigenvalue weighted by molar-refractivity contribution is -0.00940. The summed E-state index contributed by atoms with van der Waals surface area (Å²) in [6.07, 6.45) is 7.39. The van der Waals surface area contributed by atoms with E-state index < -0.39 is 10.0 Å². The van der Waals surface area contributed by atoms with E-state index in [2.05, 4.69) is 10.6 Å². The highest BCUT2D eigenvalue weighted by molar-refractivity contribution is 7.92. The van der Waals surface area contributed by atoms with E-state index in [1.807, 2.05) is 6.07 Å². The number of nitrogens with zero attached hydrogens (tertiary/aromatic N) is 1. The molecule has 2 heterocycles. The number of nitrogens with one attached hydrogen (secondary N) is 2. The Morgan fingerprint density at radius 1 is 1.26 bits per heavy atom. The van der Waals surface area contributed by atoms with Crippen molar-refractivity contribution in [3.63, 3.8) is 0 Å². The number of hydrogen-bond donors (Lipinski definition) is 2. The van der Waals surface area contributed by atoms with E-state index >= 15 is 0 Å². The lowest BCUT2D eigenvalue weighted by atomic mass is 9.98. The van der Waals surface area contributed by atoms with E-state index in [1.54, 1.807) is 12.1 Å². The third-order valence-corrected chi connectivity index (χ3v) is 6.86. The van der Waals surface area contributed by atoms with Crippen LogP contribution in [0, 0.1) is 5.92 Å². The first kappa shape index (κ1) is 18.6. The molecule has 1 saturated heterocycles. The first-order chi connectivity index (χ1) is 12.9. The van der Waals surface area contributed by atoms with E-state index in [4.69, 9.17) is 4.74 Å². The number of carbonyl (C=O) groups is 1. The molecule has 27 heavy (non-hydrogen) atoms. The van der Waals surface area contributed by atoms with Crippen LogP contribution in [0.2, 0.25) is 0 Å². The summed E-state index contributed by atoms with van der Waals surface area (Å²) < 4.78 is 31.2. The maximum Gasteiger partial charge on any atom is 0.319 e.